The number of nitrogens with zero attached hydrogens (tertiary/aromatic N) is 4. The molecule has 6 aromatic carbocycles. The summed E-state index contributed by atoms with van der Waals surface area (Å²) in [5.74, 6) is -6.37. The number of methoxy groups -OCH3 is 2. The Hall–Kier alpha value is -7.84. The largest absolute Gasteiger partial charge is 0.479 e. The standard InChI is InChI=1S/C29H26ClF2N3O6.C26H20ClF2N3O5.C3H7BrO/c1-39-12-13-40-29(38)26(36)17-35(16-18-6-8-19(9-7-18)22-14-20(30)10-11-24(22)32)33-28(37)27-15-25(34-41-27)21-4-2-3-5-23(21)31;27-17-9-10-21(29)19(11-17)16-7-5-15(6-8-16)13-32(14-23(33)26(35)36)30-25(34)24-12-22(31-37-24)18-3-1-2-4-20(18)28;1-5-3-2-4/h2-11,14-15,26,36H,12-13,16-17H2,1H3,(H,33,37);1-12,23,33H,13-14H2,(H,30,34)(H,35,36);2-3H2,1H3/t26-;23-;/m11./s1. The van der Waals surface area contributed by atoms with Gasteiger partial charge in [-0.1, -0.05) is 122 Å². The summed E-state index contributed by atoms with van der Waals surface area (Å²) in [6.07, 6.45) is -3.42. The number of hydrogen-bond acceptors (Lipinski definition) is 15. The van der Waals surface area contributed by atoms with Gasteiger partial charge in [0.05, 0.1) is 26.3 Å². The number of ether oxygens (including phenoxy) is 3. The SMILES string of the molecule is COCCBr.COCCOC(=O)[C@H](O)CN(Cc1ccc(-c2cc(Cl)ccc2F)cc1)NC(=O)c1cc(-c2ccccc2F)no1.O=C(NN(Cc1ccc(-c2cc(Cl)ccc2F)cc1)C[C@@H](O)C(=O)O)c1cc(-c2ccccc2F)no1. The van der Waals surface area contributed by atoms with Crippen LogP contribution < -0.4 is 10.9 Å². The average molecular weight is 1250 g/mol. The molecule has 0 spiro atoms. The van der Waals surface area contributed by atoms with Crippen LogP contribution in [0.5, 0.6) is 0 Å². The van der Waals surface area contributed by atoms with E-state index >= 15 is 0 Å². The van der Waals surface area contributed by atoms with Gasteiger partial charge in [-0.25, -0.2) is 37.2 Å². The van der Waals surface area contributed by atoms with Crippen molar-refractivity contribution >= 4 is 62.9 Å². The Morgan fingerprint density at radius 2 is 0.976 bits per heavy atom. The molecule has 0 bridgehead atoms. The van der Waals surface area contributed by atoms with E-state index in [9.17, 15) is 47.0 Å². The number of hydrazine groups is 2. The van der Waals surface area contributed by atoms with Crippen molar-refractivity contribution in [3.05, 3.63) is 202 Å². The van der Waals surface area contributed by atoms with Crippen molar-refractivity contribution in [3.8, 4) is 44.8 Å². The Morgan fingerprint density at radius 1 is 0.566 bits per heavy atom. The third kappa shape index (κ3) is 19.4. The summed E-state index contributed by atoms with van der Waals surface area (Å²) < 4.78 is 81.3. The highest BCUT2D eigenvalue weighted by molar-refractivity contribution is 9.09. The first-order valence-electron chi connectivity index (χ1n) is 24.8. The van der Waals surface area contributed by atoms with Gasteiger partial charge in [-0.3, -0.25) is 20.4 Å². The molecule has 2 amide bonds. The number of benzene rings is 6. The van der Waals surface area contributed by atoms with E-state index in [-0.39, 0.29) is 66.9 Å². The minimum atomic E-state index is -1.80. The molecule has 2 aromatic heterocycles. The summed E-state index contributed by atoms with van der Waals surface area (Å²) >= 11 is 15.2. The Balaban J connectivity index is 0.000000247. The molecule has 2 atom stereocenters. The fourth-order valence-corrected chi connectivity index (χ4v) is 8.15. The normalized spacial score (nSPS) is 11.7. The number of hydrogen-bond donors (Lipinski definition) is 5. The maximum atomic E-state index is 14.3. The Bertz CT molecular complexity index is 3430. The number of rotatable bonds is 23. The van der Waals surface area contributed by atoms with Crippen LogP contribution in [0.25, 0.3) is 44.8 Å². The van der Waals surface area contributed by atoms with Gasteiger partial charge in [0.15, 0.2) is 12.2 Å². The lowest BCUT2D eigenvalue weighted by Gasteiger charge is -2.24. The second-order valence-electron chi connectivity index (χ2n) is 17.6. The number of carboxylic acids is 1. The number of halogens is 7. The van der Waals surface area contributed by atoms with Gasteiger partial charge >= 0.3 is 23.8 Å². The van der Waals surface area contributed by atoms with Crippen LogP contribution >= 0.6 is 39.1 Å². The predicted octanol–water partition coefficient (Wildman–Crippen LogP) is 10.2. The number of aromatic nitrogens is 2. The van der Waals surface area contributed by atoms with Gasteiger partial charge < -0.3 is 38.6 Å². The number of esters is 1. The monoisotopic (exact) mass is 1250 g/mol. The smallest absolute Gasteiger partial charge is 0.336 e. The van der Waals surface area contributed by atoms with Gasteiger partial charge in [-0.15, -0.1) is 0 Å². The molecule has 2 heterocycles. The summed E-state index contributed by atoms with van der Waals surface area (Å²) in [6, 6.07) is 36.0. The van der Waals surface area contributed by atoms with Crippen LogP contribution in [0.4, 0.5) is 17.6 Å². The van der Waals surface area contributed by atoms with Crippen LogP contribution in [0.15, 0.2) is 155 Å². The van der Waals surface area contributed by atoms with Crippen LogP contribution in [-0.2, 0) is 36.9 Å². The van der Waals surface area contributed by atoms with Crippen molar-refractivity contribution in [2.75, 3.05) is 52.5 Å². The van der Waals surface area contributed by atoms with Gasteiger partial charge in [0.25, 0.3) is 0 Å². The molecule has 0 fully saturated rings. The first-order chi connectivity index (χ1) is 39.9. The molecule has 0 radical (unpaired) electrons. The molecule has 0 unspecified atom stereocenters. The number of aliphatic hydroxyl groups is 2. The maximum absolute atomic E-state index is 14.3. The summed E-state index contributed by atoms with van der Waals surface area (Å²) in [5.41, 5.74) is 8.59. The van der Waals surface area contributed by atoms with Gasteiger partial charge in [-0.05, 0) is 82.9 Å². The number of alkyl halides is 1. The second kappa shape index (κ2) is 32.1. The van der Waals surface area contributed by atoms with Crippen molar-refractivity contribution in [2.45, 2.75) is 25.3 Å². The molecular formula is C58H53BrCl2F4N6O12. The number of nitrogens with one attached hydrogen (secondary N) is 2. The number of carbonyl (C=O) groups is 4. The number of aliphatic carboxylic acids is 1. The van der Waals surface area contributed by atoms with E-state index in [2.05, 4.69) is 41.8 Å². The zero-order chi connectivity index (χ0) is 60.0. The second-order valence-corrected chi connectivity index (χ2v) is 19.3. The van der Waals surface area contributed by atoms with Crippen molar-refractivity contribution in [1.29, 1.82) is 0 Å². The average Bonchev–Trinajstić information content (AvgIpc) is 4.43. The van der Waals surface area contributed by atoms with Gasteiger partial charge in [0, 0.05) is 77.1 Å². The number of amides is 2. The van der Waals surface area contributed by atoms with Crippen LogP contribution in [0.3, 0.4) is 0 Å². The predicted molar refractivity (Wildman–Crippen MR) is 301 cm³/mol. The first kappa shape index (κ1) is 64.3. The highest BCUT2D eigenvalue weighted by atomic mass is 79.9. The molecule has 5 N–H and O–H groups in total. The molecule has 0 aliphatic heterocycles. The van der Waals surface area contributed by atoms with E-state index in [0.717, 1.165) is 11.9 Å². The molecule has 0 aliphatic rings. The van der Waals surface area contributed by atoms with Crippen molar-refractivity contribution in [1.82, 2.24) is 31.2 Å². The summed E-state index contributed by atoms with van der Waals surface area (Å²) in [5, 5.41) is 41.1. The molecule has 0 saturated heterocycles. The van der Waals surface area contributed by atoms with Gasteiger partial charge in [0.1, 0.15) is 41.3 Å². The van der Waals surface area contributed by atoms with Crippen molar-refractivity contribution < 1.29 is 75.3 Å². The highest BCUT2D eigenvalue weighted by Crippen LogP contribution is 2.29. The zero-order valence-corrected chi connectivity index (χ0v) is 47.2. The molecular weight excluding hydrogens is 1200 g/mol. The van der Waals surface area contributed by atoms with Gasteiger partial charge in [-0.2, -0.15) is 0 Å². The number of carbonyl (C=O) groups excluding carboxylic acids is 3. The zero-order valence-electron chi connectivity index (χ0n) is 44.1. The fourth-order valence-electron chi connectivity index (χ4n) is 7.48. The lowest BCUT2D eigenvalue weighted by Crippen LogP contribution is -2.47. The Labute approximate surface area is 491 Å². The highest BCUT2D eigenvalue weighted by Gasteiger charge is 2.26. The quantitative estimate of drug-likeness (QED) is 0.0132. The first-order valence-corrected chi connectivity index (χ1v) is 26.7. The van der Waals surface area contributed by atoms with Crippen LogP contribution in [0.1, 0.15) is 32.2 Å². The van der Waals surface area contributed by atoms with E-state index < -0.39 is 65.8 Å². The van der Waals surface area contributed by atoms with Gasteiger partial charge in [0.2, 0.25) is 11.5 Å². The number of carboxylic acid groups (broad SMARTS) is 1. The molecule has 436 valence electrons. The molecule has 0 saturated carbocycles. The van der Waals surface area contributed by atoms with Crippen molar-refractivity contribution in [2.24, 2.45) is 0 Å². The summed E-state index contributed by atoms with van der Waals surface area (Å²) in [6.45, 7) is 0.103. The minimum absolute atomic E-state index is 0.0112. The van der Waals surface area contributed by atoms with E-state index in [1.165, 1.54) is 102 Å². The third-order valence-corrected chi connectivity index (χ3v) is 12.4. The Kier molecular flexibility index (Phi) is 24.9. The molecule has 8 aromatic rings. The molecule has 8 rings (SSSR count). The minimum Gasteiger partial charge on any atom is -0.479 e. The van der Waals surface area contributed by atoms with Crippen LogP contribution in [0, 0.1) is 23.3 Å². The molecule has 83 heavy (non-hydrogen) atoms. The van der Waals surface area contributed by atoms with E-state index in [1.807, 2.05) is 0 Å². The summed E-state index contributed by atoms with van der Waals surface area (Å²) in [4.78, 5) is 49.2. The molecule has 18 nitrogen and oxygen atoms in total. The fraction of sp³-hybridized carbons (Fsp3) is 0.207. The van der Waals surface area contributed by atoms with Crippen molar-refractivity contribution in [3.63, 3.8) is 0 Å². The lowest BCUT2D eigenvalue weighted by molar-refractivity contribution is -0.156. The van der Waals surface area contributed by atoms with E-state index in [0.29, 0.717) is 43.4 Å². The van der Waals surface area contributed by atoms with Crippen LogP contribution in [0.2, 0.25) is 10.0 Å². The molecule has 0 aliphatic carbocycles. The van der Waals surface area contributed by atoms with E-state index in [1.54, 1.807) is 67.8 Å². The summed E-state index contributed by atoms with van der Waals surface area (Å²) in [7, 11) is 3.12. The molecule has 25 heteroatoms. The third-order valence-electron chi connectivity index (χ3n) is 11.6. The van der Waals surface area contributed by atoms with E-state index in [4.69, 9.17) is 46.8 Å². The van der Waals surface area contributed by atoms with Crippen LogP contribution in [-0.4, -0.2) is 124 Å². The Morgan fingerprint density at radius 3 is 1.36 bits per heavy atom. The lowest BCUT2D eigenvalue weighted by atomic mass is 10.0. The topological polar surface area (TPSA) is 239 Å². The maximum Gasteiger partial charge on any atom is 0.336 e. The number of aliphatic hydroxyl groups excluding tert-OH is 2.